The van der Waals surface area contributed by atoms with E-state index in [1.54, 1.807) is 0 Å². The molecule has 0 saturated carbocycles. The summed E-state index contributed by atoms with van der Waals surface area (Å²) in [4.78, 5) is 11.2. The number of ketones is 1. The fraction of sp³-hybridized carbons (Fsp3) is 0.364. The average molecular weight is 389 g/mol. The molecular formula is C11H10Br2Cl2O. The van der Waals surface area contributed by atoms with Crippen LogP contribution in [0.5, 0.6) is 0 Å². The molecule has 0 aromatic heterocycles. The van der Waals surface area contributed by atoms with Gasteiger partial charge >= 0.3 is 0 Å². The van der Waals surface area contributed by atoms with Gasteiger partial charge in [-0.05, 0) is 34.0 Å². The molecule has 0 radical (unpaired) electrons. The van der Waals surface area contributed by atoms with Crippen molar-refractivity contribution in [1.29, 1.82) is 0 Å². The Hall–Kier alpha value is 0.430. The van der Waals surface area contributed by atoms with Gasteiger partial charge in [0.2, 0.25) is 0 Å². The Bertz CT molecular complexity index is 407. The molecule has 0 fully saturated rings. The number of rotatable bonds is 4. The van der Waals surface area contributed by atoms with Crippen molar-refractivity contribution in [2.24, 2.45) is 0 Å². The van der Waals surface area contributed by atoms with Crippen LogP contribution in [0, 0.1) is 0 Å². The fourth-order valence-electron chi connectivity index (χ4n) is 1.25. The number of hydrogen-bond donors (Lipinski definition) is 0. The van der Waals surface area contributed by atoms with E-state index in [0.717, 1.165) is 10.0 Å². The molecule has 88 valence electrons. The average Bonchev–Trinajstić information content (AvgIpc) is 2.28. The maximum Gasteiger partial charge on any atom is 0.146 e. The zero-order chi connectivity index (χ0) is 12.3. The third-order valence-corrected chi connectivity index (χ3v) is 4.86. The molecule has 0 aliphatic rings. The van der Waals surface area contributed by atoms with Gasteiger partial charge in [-0.25, -0.2) is 0 Å². The highest BCUT2D eigenvalue weighted by molar-refractivity contribution is 9.10. The second kappa shape index (κ2) is 6.39. The van der Waals surface area contributed by atoms with Crippen LogP contribution >= 0.6 is 55.1 Å². The molecular weight excluding hydrogens is 379 g/mol. The Kier molecular flexibility index (Phi) is 5.78. The quantitative estimate of drug-likeness (QED) is 0.521. The molecule has 0 bridgehead atoms. The number of alkyl halides is 1. The van der Waals surface area contributed by atoms with Crippen molar-refractivity contribution in [2.45, 2.75) is 24.6 Å². The van der Waals surface area contributed by atoms with Crippen LogP contribution in [0.1, 0.15) is 18.9 Å². The highest BCUT2D eigenvalue weighted by Gasteiger charge is 2.16. The molecule has 1 aromatic carbocycles. The van der Waals surface area contributed by atoms with Crippen LogP contribution in [-0.2, 0) is 11.2 Å². The molecule has 16 heavy (non-hydrogen) atoms. The predicted molar refractivity (Wildman–Crippen MR) is 75.9 cm³/mol. The van der Waals surface area contributed by atoms with E-state index < -0.39 is 0 Å². The predicted octanol–water partition coefficient (Wildman–Crippen LogP) is 5.04. The summed E-state index contributed by atoms with van der Waals surface area (Å²) >= 11 is 18.7. The maximum atomic E-state index is 11.4. The lowest BCUT2D eigenvalue weighted by molar-refractivity contribution is -0.118. The van der Waals surface area contributed by atoms with E-state index in [1.165, 1.54) is 0 Å². The smallest absolute Gasteiger partial charge is 0.146 e. The lowest BCUT2D eigenvalue weighted by atomic mass is 10.1. The van der Waals surface area contributed by atoms with E-state index in [2.05, 4.69) is 31.9 Å². The standard InChI is InChI=1S/C11H10Br2Cl2O/c1-2-9(16)8(13)5-6-3-4-7(12)11(15)10(6)14/h3-4,8H,2,5H2,1H3. The van der Waals surface area contributed by atoms with Crippen molar-refractivity contribution >= 4 is 60.8 Å². The fourth-order valence-corrected chi connectivity index (χ4v) is 2.80. The van der Waals surface area contributed by atoms with Crippen molar-refractivity contribution in [2.75, 3.05) is 0 Å². The van der Waals surface area contributed by atoms with Crippen molar-refractivity contribution in [3.63, 3.8) is 0 Å². The minimum atomic E-state index is -0.202. The van der Waals surface area contributed by atoms with Gasteiger partial charge in [-0.2, -0.15) is 0 Å². The number of hydrogen-bond acceptors (Lipinski definition) is 1. The second-order valence-corrected chi connectivity index (χ2v) is 6.04. The summed E-state index contributed by atoms with van der Waals surface area (Å²) in [5.41, 5.74) is 0.874. The SMILES string of the molecule is CCC(=O)C(Br)Cc1ccc(Br)c(Cl)c1Cl. The summed E-state index contributed by atoms with van der Waals surface area (Å²) in [6, 6.07) is 3.70. The monoisotopic (exact) mass is 386 g/mol. The van der Waals surface area contributed by atoms with Gasteiger partial charge in [-0.3, -0.25) is 4.79 Å². The number of carbonyl (C=O) groups excluding carboxylic acids is 1. The van der Waals surface area contributed by atoms with Gasteiger partial charge in [0.1, 0.15) is 5.78 Å². The van der Waals surface area contributed by atoms with Crippen LogP contribution in [0.25, 0.3) is 0 Å². The van der Waals surface area contributed by atoms with Crippen LogP contribution in [0.2, 0.25) is 10.0 Å². The minimum Gasteiger partial charge on any atom is -0.298 e. The van der Waals surface area contributed by atoms with E-state index >= 15 is 0 Å². The molecule has 5 heteroatoms. The highest BCUT2D eigenvalue weighted by atomic mass is 79.9. The Balaban J connectivity index is 2.90. The zero-order valence-corrected chi connectivity index (χ0v) is 13.3. The summed E-state index contributed by atoms with van der Waals surface area (Å²) in [6.07, 6.45) is 1.07. The first-order chi connectivity index (χ1) is 7.47. The molecule has 1 nitrogen and oxygen atoms in total. The van der Waals surface area contributed by atoms with Crippen molar-refractivity contribution in [3.05, 3.63) is 32.2 Å². The zero-order valence-electron chi connectivity index (χ0n) is 8.57. The summed E-state index contributed by atoms with van der Waals surface area (Å²) in [5.74, 6) is 0.162. The van der Waals surface area contributed by atoms with Crippen molar-refractivity contribution in [3.8, 4) is 0 Å². The minimum absolute atomic E-state index is 0.162. The second-order valence-electron chi connectivity index (χ2n) is 3.33. The number of Topliss-reactive ketones (excluding diaryl/α,β-unsaturated/α-hetero) is 1. The van der Waals surface area contributed by atoms with Crippen LogP contribution in [0.4, 0.5) is 0 Å². The van der Waals surface area contributed by atoms with E-state index in [9.17, 15) is 4.79 Å². The molecule has 0 saturated heterocycles. The Morgan fingerprint density at radius 1 is 1.38 bits per heavy atom. The lowest BCUT2D eigenvalue weighted by Gasteiger charge is -2.10. The van der Waals surface area contributed by atoms with Gasteiger partial charge in [-0.15, -0.1) is 0 Å². The number of carbonyl (C=O) groups is 1. The van der Waals surface area contributed by atoms with Gasteiger partial charge in [0.25, 0.3) is 0 Å². The van der Waals surface area contributed by atoms with Crippen molar-refractivity contribution < 1.29 is 4.79 Å². The largest absolute Gasteiger partial charge is 0.298 e. The van der Waals surface area contributed by atoms with Crippen molar-refractivity contribution in [1.82, 2.24) is 0 Å². The molecule has 0 heterocycles. The Morgan fingerprint density at radius 3 is 2.56 bits per heavy atom. The van der Waals surface area contributed by atoms with Gasteiger partial charge in [0.05, 0.1) is 14.9 Å². The van der Waals surface area contributed by atoms with Gasteiger partial charge in [-0.1, -0.05) is 52.1 Å². The van der Waals surface area contributed by atoms with Crippen LogP contribution in [0.3, 0.4) is 0 Å². The third-order valence-electron chi connectivity index (χ3n) is 2.21. The molecule has 0 aliphatic carbocycles. The number of halogens is 4. The summed E-state index contributed by atoms with van der Waals surface area (Å²) in [5, 5.41) is 0.993. The van der Waals surface area contributed by atoms with E-state index in [0.29, 0.717) is 22.9 Å². The first-order valence-electron chi connectivity index (χ1n) is 4.76. The molecule has 1 rings (SSSR count). The number of benzene rings is 1. The molecule has 1 atom stereocenters. The molecule has 1 unspecified atom stereocenters. The molecule has 0 amide bonds. The molecule has 0 N–H and O–H groups in total. The lowest BCUT2D eigenvalue weighted by Crippen LogP contribution is -2.15. The van der Waals surface area contributed by atoms with E-state index in [1.807, 2.05) is 19.1 Å². The van der Waals surface area contributed by atoms with Gasteiger partial charge in [0.15, 0.2) is 0 Å². The molecule has 1 aromatic rings. The van der Waals surface area contributed by atoms with Crippen LogP contribution in [0.15, 0.2) is 16.6 Å². The normalized spacial score (nSPS) is 12.6. The first-order valence-corrected chi connectivity index (χ1v) is 7.23. The summed E-state index contributed by atoms with van der Waals surface area (Å²) in [6.45, 7) is 1.84. The van der Waals surface area contributed by atoms with Gasteiger partial charge in [0, 0.05) is 10.9 Å². The Labute approximate surface area is 122 Å². The molecule has 0 aliphatic heterocycles. The topological polar surface area (TPSA) is 17.1 Å². The van der Waals surface area contributed by atoms with E-state index in [-0.39, 0.29) is 10.6 Å². The third kappa shape index (κ3) is 3.46. The maximum absolute atomic E-state index is 11.4. The summed E-state index contributed by atoms with van der Waals surface area (Å²) < 4.78 is 0.760. The highest BCUT2D eigenvalue weighted by Crippen LogP contribution is 2.34. The van der Waals surface area contributed by atoms with Gasteiger partial charge < -0.3 is 0 Å². The van der Waals surface area contributed by atoms with E-state index in [4.69, 9.17) is 23.2 Å². The first kappa shape index (κ1) is 14.5. The Morgan fingerprint density at radius 2 is 2.00 bits per heavy atom. The van der Waals surface area contributed by atoms with Crippen LogP contribution in [-0.4, -0.2) is 10.6 Å². The van der Waals surface area contributed by atoms with Crippen LogP contribution < -0.4 is 0 Å². The molecule has 0 spiro atoms. The summed E-state index contributed by atoms with van der Waals surface area (Å²) in [7, 11) is 0.